The lowest BCUT2D eigenvalue weighted by Crippen LogP contribution is -2.33. The highest BCUT2D eigenvalue weighted by atomic mass is 16.5. The second-order valence-electron chi connectivity index (χ2n) is 6.04. The number of benzene rings is 2. The standard InChI is InChI=1S/C20H25NO3.C2H2O4/c1-2-8-17-9-6-7-12-20(17)23-14-13-21-15-18(22)16-24-19-10-4-3-5-11-19;3-1(4)2(5)6/h2-7,9-12,18,21-22H,1,8,13-16H2;(H,3,4)(H,5,6). The fourth-order valence-electron chi connectivity index (χ4n) is 2.24. The number of aliphatic carboxylic acids is 2. The lowest BCUT2D eigenvalue weighted by molar-refractivity contribution is -0.159. The number of hydrogen-bond donors (Lipinski definition) is 4. The zero-order valence-corrected chi connectivity index (χ0v) is 16.6. The third kappa shape index (κ3) is 10.8. The van der Waals surface area contributed by atoms with E-state index < -0.39 is 18.0 Å². The number of aliphatic hydroxyl groups is 1. The highest BCUT2D eigenvalue weighted by molar-refractivity contribution is 6.27. The number of carboxylic acid groups (broad SMARTS) is 2. The molecule has 0 saturated carbocycles. The van der Waals surface area contributed by atoms with Crippen molar-refractivity contribution >= 4 is 11.9 Å². The molecule has 0 fully saturated rings. The number of allylic oxidation sites excluding steroid dienone is 1. The van der Waals surface area contributed by atoms with Gasteiger partial charge in [-0.2, -0.15) is 0 Å². The van der Waals surface area contributed by atoms with E-state index in [1.807, 2.05) is 60.7 Å². The van der Waals surface area contributed by atoms with Crippen LogP contribution in [0, 0.1) is 0 Å². The number of hydrogen-bond acceptors (Lipinski definition) is 6. The average molecular weight is 417 g/mol. The Kier molecular flexibility index (Phi) is 12.0. The first-order chi connectivity index (χ1) is 14.4. The van der Waals surface area contributed by atoms with Gasteiger partial charge in [0.05, 0.1) is 0 Å². The molecule has 0 amide bonds. The number of aliphatic hydroxyl groups excluding tert-OH is 1. The first-order valence-corrected chi connectivity index (χ1v) is 9.28. The maximum Gasteiger partial charge on any atom is 0.414 e. The highest BCUT2D eigenvalue weighted by Gasteiger charge is 2.05. The van der Waals surface area contributed by atoms with E-state index in [9.17, 15) is 5.11 Å². The van der Waals surface area contributed by atoms with Gasteiger partial charge in [-0.25, -0.2) is 9.59 Å². The van der Waals surface area contributed by atoms with Crippen LogP contribution in [0.5, 0.6) is 11.5 Å². The monoisotopic (exact) mass is 417 g/mol. The summed E-state index contributed by atoms with van der Waals surface area (Å²) in [5, 5.41) is 27.9. The predicted octanol–water partition coefficient (Wildman–Crippen LogP) is 1.98. The van der Waals surface area contributed by atoms with Crippen LogP contribution in [0.1, 0.15) is 5.56 Å². The summed E-state index contributed by atoms with van der Waals surface area (Å²) in [6.07, 6.45) is 2.10. The summed E-state index contributed by atoms with van der Waals surface area (Å²) < 4.78 is 11.3. The van der Waals surface area contributed by atoms with Crippen molar-refractivity contribution in [1.29, 1.82) is 0 Å². The minimum atomic E-state index is -1.82. The number of ether oxygens (including phenoxy) is 2. The predicted molar refractivity (Wildman–Crippen MR) is 112 cm³/mol. The molecule has 0 heterocycles. The van der Waals surface area contributed by atoms with Crippen molar-refractivity contribution in [3.63, 3.8) is 0 Å². The van der Waals surface area contributed by atoms with Gasteiger partial charge in [0.25, 0.3) is 0 Å². The Bertz CT molecular complexity index is 768. The van der Waals surface area contributed by atoms with Crippen LogP contribution in [-0.4, -0.2) is 59.7 Å². The van der Waals surface area contributed by atoms with Gasteiger partial charge in [0.1, 0.15) is 30.8 Å². The Labute approximate surface area is 175 Å². The Morgan fingerprint density at radius 2 is 1.63 bits per heavy atom. The molecule has 2 aromatic carbocycles. The van der Waals surface area contributed by atoms with Crippen molar-refractivity contribution in [2.24, 2.45) is 0 Å². The molecule has 30 heavy (non-hydrogen) atoms. The fraction of sp³-hybridized carbons (Fsp3) is 0.273. The fourth-order valence-corrected chi connectivity index (χ4v) is 2.24. The molecule has 8 nitrogen and oxygen atoms in total. The van der Waals surface area contributed by atoms with E-state index in [-0.39, 0.29) is 6.61 Å². The third-order valence-electron chi connectivity index (χ3n) is 3.62. The zero-order chi connectivity index (χ0) is 22.2. The minimum absolute atomic E-state index is 0.264. The van der Waals surface area contributed by atoms with E-state index in [1.165, 1.54) is 0 Å². The van der Waals surface area contributed by atoms with E-state index in [1.54, 1.807) is 0 Å². The summed E-state index contributed by atoms with van der Waals surface area (Å²) in [5.74, 6) is -2.00. The minimum Gasteiger partial charge on any atom is -0.492 e. The Hall–Kier alpha value is -3.36. The average Bonchev–Trinajstić information content (AvgIpc) is 2.74. The van der Waals surface area contributed by atoms with Gasteiger partial charge in [-0.1, -0.05) is 42.5 Å². The normalized spacial score (nSPS) is 10.8. The Balaban J connectivity index is 0.000000656. The third-order valence-corrected chi connectivity index (χ3v) is 3.62. The molecule has 0 spiro atoms. The van der Waals surface area contributed by atoms with Crippen LogP contribution in [0.3, 0.4) is 0 Å². The van der Waals surface area contributed by atoms with Gasteiger partial charge >= 0.3 is 11.9 Å². The topological polar surface area (TPSA) is 125 Å². The quantitative estimate of drug-likeness (QED) is 0.248. The molecular formula is C22H27NO7. The second kappa shape index (κ2) is 14.6. The molecule has 8 heteroatoms. The number of rotatable bonds is 11. The largest absolute Gasteiger partial charge is 0.492 e. The summed E-state index contributed by atoms with van der Waals surface area (Å²) in [7, 11) is 0. The van der Waals surface area contributed by atoms with Crippen molar-refractivity contribution in [1.82, 2.24) is 5.32 Å². The number of para-hydroxylation sites is 2. The summed E-state index contributed by atoms with van der Waals surface area (Å²) in [6.45, 7) is 5.68. The molecule has 1 unspecified atom stereocenters. The number of carboxylic acids is 2. The Morgan fingerprint density at radius 1 is 1.00 bits per heavy atom. The molecule has 0 bridgehead atoms. The molecule has 0 aliphatic heterocycles. The van der Waals surface area contributed by atoms with Crippen LogP contribution >= 0.6 is 0 Å². The molecule has 2 rings (SSSR count). The highest BCUT2D eigenvalue weighted by Crippen LogP contribution is 2.18. The van der Waals surface area contributed by atoms with Gasteiger partial charge in [0.2, 0.25) is 0 Å². The lowest BCUT2D eigenvalue weighted by atomic mass is 10.1. The van der Waals surface area contributed by atoms with Gasteiger partial charge < -0.3 is 30.1 Å². The van der Waals surface area contributed by atoms with Crippen LogP contribution in [-0.2, 0) is 16.0 Å². The molecular weight excluding hydrogens is 390 g/mol. The van der Waals surface area contributed by atoms with E-state index in [2.05, 4.69) is 11.9 Å². The molecule has 0 aliphatic rings. The van der Waals surface area contributed by atoms with Gasteiger partial charge in [-0.3, -0.25) is 0 Å². The van der Waals surface area contributed by atoms with Crippen molar-refractivity contribution in [3.05, 3.63) is 72.8 Å². The smallest absolute Gasteiger partial charge is 0.414 e. The summed E-state index contributed by atoms with van der Waals surface area (Å²) in [6, 6.07) is 17.4. The van der Waals surface area contributed by atoms with Gasteiger partial charge in [0, 0.05) is 13.1 Å². The molecule has 4 N–H and O–H groups in total. The first kappa shape index (κ1) is 24.7. The molecule has 1 atom stereocenters. The van der Waals surface area contributed by atoms with Crippen molar-refractivity contribution in [2.45, 2.75) is 12.5 Å². The van der Waals surface area contributed by atoms with Crippen LogP contribution in [0.15, 0.2) is 67.3 Å². The number of nitrogens with one attached hydrogen (secondary N) is 1. The van der Waals surface area contributed by atoms with Crippen LogP contribution < -0.4 is 14.8 Å². The van der Waals surface area contributed by atoms with Gasteiger partial charge in [0.15, 0.2) is 0 Å². The van der Waals surface area contributed by atoms with Crippen molar-refractivity contribution in [2.75, 3.05) is 26.3 Å². The summed E-state index contributed by atoms with van der Waals surface area (Å²) >= 11 is 0. The second-order valence-corrected chi connectivity index (χ2v) is 6.04. The Morgan fingerprint density at radius 3 is 2.27 bits per heavy atom. The van der Waals surface area contributed by atoms with E-state index in [0.29, 0.717) is 19.7 Å². The van der Waals surface area contributed by atoms with Crippen LogP contribution in [0.2, 0.25) is 0 Å². The molecule has 0 radical (unpaired) electrons. The molecule has 0 saturated heterocycles. The van der Waals surface area contributed by atoms with Crippen LogP contribution in [0.4, 0.5) is 0 Å². The molecule has 2 aromatic rings. The maximum absolute atomic E-state index is 9.90. The SMILES string of the molecule is C=CCc1ccccc1OCCNCC(O)COc1ccccc1.O=C(O)C(=O)O. The zero-order valence-electron chi connectivity index (χ0n) is 16.6. The number of carbonyl (C=O) groups is 2. The van der Waals surface area contributed by atoms with Crippen molar-refractivity contribution < 1.29 is 34.4 Å². The summed E-state index contributed by atoms with van der Waals surface area (Å²) in [4.78, 5) is 18.2. The summed E-state index contributed by atoms with van der Waals surface area (Å²) in [5.41, 5.74) is 1.13. The van der Waals surface area contributed by atoms with E-state index >= 15 is 0 Å². The van der Waals surface area contributed by atoms with E-state index in [0.717, 1.165) is 23.5 Å². The van der Waals surface area contributed by atoms with Gasteiger partial charge in [-0.15, -0.1) is 6.58 Å². The molecule has 0 aliphatic carbocycles. The van der Waals surface area contributed by atoms with Gasteiger partial charge in [-0.05, 0) is 30.2 Å². The maximum atomic E-state index is 9.90. The molecule has 0 aromatic heterocycles. The first-order valence-electron chi connectivity index (χ1n) is 9.28. The lowest BCUT2D eigenvalue weighted by Gasteiger charge is -2.14. The van der Waals surface area contributed by atoms with Crippen molar-refractivity contribution in [3.8, 4) is 11.5 Å². The van der Waals surface area contributed by atoms with E-state index in [4.69, 9.17) is 29.3 Å². The van der Waals surface area contributed by atoms with Crippen LogP contribution in [0.25, 0.3) is 0 Å². The molecule has 162 valence electrons.